The number of carbonyl (C=O) groups excluding carboxylic acids is 1. The second-order valence-electron chi connectivity index (χ2n) is 7.51. The van der Waals surface area contributed by atoms with Crippen LogP contribution in [-0.4, -0.2) is 27.1 Å². The van der Waals surface area contributed by atoms with E-state index in [2.05, 4.69) is 10.5 Å². The molecule has 0 aliphatic carbocycles. The van der Waals surface area contributed by atoms with Crippen molar-refractivity contribution < 1.29 is 13.2 Å². The maximum atomic E-state index is 13.5. The first-order valence-electron chi connectivity index (χ1n) is 10.4. The topological polar surface area (TPSA) is 78.8 Å². The first-order valence-corrected chi connectivity index (χ1v) is 11.8. The Bertz CT molecular complexity index is 1200. The number of carbonyl (C=O) groups is 1. The minimum absolute atomic E-state index is 0.130. The maximum Gasteiger partial charge on any atom is 0.264 e. The summed E-state index contributed by atoms with van der Waals surface area (Å²) in [6.07, 6.45) is 2.15. The Kier molecular flexibility index (Phi) is 7.43. The van der Waals surface area contributed by atoms with Gasteiger partial charge in [-0.2, -0.15) is 5.10 Å². The Labute approximate surface area is 189 Å². The van der Waals surface area contributed by atoms with E-state index in [0.29, 0.717) is 12.1 Å². The van der Waals surface area contributed by atoms with Crippen LogP contribution in [0.25, 0.3) is 0 Å². The Morgan fingerprint density at radius 3 is 2.16 bits per heavy atom. The van der Waals surface area contributed by atoms with Crippen LogP contribution >= 0.6 is 0 Å². The van der Waals surface area contributed by atoms with Crippen molar-refractivity contribution in [2.75, 3.05) is 10.8 Å². The molecule has 0 aromatic heterocycles. The highest BCUT2D eigenvalue weighted by molar-refractivity contribution is 7.92. The van der Waals surface area contributed by atoms with Crippen molar-refractivity contribution in [2.24, 2.45) is 5.10 Å². The number of aryl methyl sites for hydroxylation is 3. The zero-order valence-corrected chi connectivity index (χ0v) is 19.3. The van der Waals surface area contributed by atoms with Gasteiger partial charge in [0.15, 0.2) is 0 Å². The van der Waals surface area contributed by atoms with Crippen molar-refractivity contribution in [1.29, 1.82) is 0 Å². The first kappa shape index (κ1) is 23.2. The van der Waals surface area contributed by atoms with Crippen LogP contribution in [0.2, 0.25) is 0 Å². The number of para-hydroxylation sites is 1. The Morgan fingerprint density at radius 2 is 1.53 bits per heavy atom. The number of hydrogen-bond donors (Lipinski definition) is 1. The summed E-state index contributed by atoms with van der Waals surface area (Å²) in [7, 11) is -3.96. The molecular formula is C25H27N3O3S. The molecule has 0 unspecified atom stereocenters. The molecule has 166 valence electrons. The van der Waals surface area contributed by atoms with Gasteiger partial charge in [0.2, 0.25) is 0 Å². The summed E-state index contributed by atoms with van der Waals surface area (Å²) in [6, 6.07) is 21.4. The van der Waals surface area contributed by atoms with Crippen LogP contribution in [0.15, 0.2) is 82.8 Å². The molecule has 0 radical (unpaired) electrons. The van der Waals surface area contributed by atoms with Crippen molar-refractivity contribution in [1.82, 2.24) is 5.43 Å². The Balaban J connectivity index is 1.88. The van der Waals surface area contributed by atoms with Gasteiger partial charge in [0.25, 0.3) is 15.9 Å². The molecule has 3 aromatic carbocycles. The van der Waals surface area contributed by atoms with Crippen molar-refractivity contribution in [3.8, 4) is 0 Å². The second kappa shape index (κ2) is 10.2. The number of anilines is 1. The zero-order chi connectivity index (χ0) is 23.1. The summed E-state index contributed by atoms with van der Waals surface area (Å²) in [5.41, 5.74) is 6.66. The number of amides is 1. The molecule has 6 nitrogen and oxygen atoms in total. The second-order valence-corrected chi connectivity index (χ2v) is 9.37. The average Bonchev–Trinajstić information content (AvgIpc) is 2.79. The van der Waals surface area contributed by atoms with Gasteiger partial charge in [-0.15, -0.1) is 0 Å². The van der Waals surface area contributed by atoms with E-state index in [-0.39, 0.29) is 4.90 Å². The standard InChI is InChI=1S/C25H27N3O3S/c1-4-22-7-5-6-8-24(22)28(32(30,31)23-15-11-20(3)12-16-23)18-25(29)27-26-17-21-13-9-19(2)10-14-21/h5-17H,4,18H2,1-3H3,(H,27,29)/b26-17-. The van der Waals surface area contributed by atoms with Gasteiger partial charge >= 0.3 is 0 Å². The molecule has 1 amide bonds. The van der Waals surface area contributed by atoms with E-state index in [0.717, 1.165) is 26.6 Å². The molecule has 0 heterocycles. The van der Waals surface area contributed by atoms with E-state index in [4.69, 9.17) is 0 Å². The predicted molar refractivity (Wildman–Crippen MR) is 128 cm³/mol. The monoisotopic (exact) mass is 449 g/mol. The number of hydrazone groups is 1. The summed E-state index contributed by atoms with van der Waals surface area (Å²) < 4.78 is 28.1. The van der Waals surface area contributed by atoms with Crippen LogP contribution in [0.1, 0.15) is 29.2 Å². The van der Waals surface area contributed by atoms with Crippen LogP contribution in [0.3, 0.4) is 0 Å². The van der Waals surface area contributed by atoms with Gasteiger partial charge in [-0.1, -0.05) is 72.6 Å². The highest BCUT2D eigenvalue weighted by atomic mass is 32.2. The largest absolute Gasteiger partial charge is 0.271 e. The first-order chi connectivity index (χ1) is 15.3. The average molecular weight is 450 g/mol. The lowest BCUT2D eigenvalue weighted by Gasteiger charge is -2.25. The molecule has 0 saturated heterocycles. The molecule has 3 aromatic rings. The highest BCUT2D eigenvalue weighted by Gasteiger charge is 2.28. The quantitative estimate of drug-likeness (QED) is 0.413. The maximum absolute atomic E-state index is 13.5. The molecule has 0 spiro atoms. The fourth-order valence-electron chi connectivity index (χ4n) is 3.19. The molecule has 0 aliphatic heterocycles. The summed E-state index contributed by atoms with van der Waals surface area (Å²) in [6.45, 7) is 5.43. The van der Waals surface area contributed by atoms with Gasteiger partial charge in [-0.05, 0) is 49.6 Å². The van der Waals surface area contributed by atoms with Crippen molar-refractivity contribution in [3.63, 3.8) is 0 Å². The van der Waals surface area contributed by atoms with Gasteiger partial charge in [0, 0.05) is 0 Å². The number of nitrogens with one attached hydrogen (secondary N) is 1. The summed E-state index contributed by atoms with van der Waals surface area (Å²) in [5, 5.41) is 3.98. The van der Waals surface area contributed by atoms with Crippen LogP contribution in [0, 0.1) is 13.8 Å². The molecule has 7 heteroatoms. The van der Waals surface area contributed by atoms with E-state index < -0.39 is 22.5 Å². The van der Waals surface area contributed by atoms with Crippen molar-refractivity contribution in [2.45, 2.75) is 32.1 Å². The molecule has 0 saturated carbocycles. The van der Waals surface area contributed by atoms with E-state index in [9.17, 15) is 13.2 Å². The molecule has 1 N–H and O–H groups in total. The third-order valence-corrected chi connectivity index (χ3v) is 6.79. The van der Waals surface area contributed by atoms with E-state index in [1.165, 1.54) is 6.21 Å². The lowest BCUT2D eigenvalue weighted by atomic mass is 10.1. The van der Waals surface area contributed by atoms with Crippen LogP contribution in [0.4, 0.5) is 5.69 Å². The smallest absolute Gasteiger partial charge is 0.264 e. The fraction of sp³-hybridized carbons (Fsp3) is 0.200. The summed E-state index contributed by atoms with van der Waals surface area (Å²) in [4.78, 5) is 12.8. The van der Waals surface area contributed by atoms with Gasteiger partial charge in [0.1, 0.15) is 6.54 Å². The van der Waals surface area contributed by atoms with Crippen LogP contribution in [0.5, 0.6) is 0 Å². The number of nitrogens with zero attached hydrogens (tertiary/aromatic N) is 2. The third-order valence-electron chi connectivity index (χ3n) is 5.02. The van der Waals surface area contributed by atoms with Crippen molar-refractivity contribution in [3.05, 3.63) is 95.1 Å². The lowest BCUT2D eigenvalue weighted by Crippen LogP contribution is -2.40. The molecule has 0 fully saturated rings. The molecule has 0 bridgehead atoms. The van der Waals surface area contributed by atoms with Crippen LogP contribution < -0.4 is 9.73 Å². The molecular weight excluding hydrogens is 422 g/mol. The number of sulfonamides is 1. The molecule has 0 atom stereocenters. The Hall–Kier alpha value is -3.45. The minimum Gasteiger partial charge on any atom is -0.271 e. The molecule has 3 rings (SSSR count). The number of rotatable bonds is 8. The van der Waals surface area contributed by atoms with Gasteiger partial charge < -0.3 is 0 Å². The van der Waals surface area contributed by atoms with Crippen LogP contribution in [-0.2, 0) is 21.2 Å². The number of hydrogen-bond acceptors (Lipinski definition) is 4. The fourth-order valence-corrected chi connectivity index (χ4v) is 4.65. The SMILES string of the molecule is CCc1ccccc1N(CC(=O)N/N=C\c1ccc(C)cc1)S(=O)(=O)c1ccc(C)cc1. The van der Waals surface area contributed by atoms with E-state index in [1.54, 1.807) is 36.4 Å². The normalized spacial score (nSPS) is 11.5. The predicted octanol–water partition coefficient (Wildman–Crippen LogP) is 4.21. The third kappa shape index (κ3) is 5.62. The molecule has 32 heavy (non-hydrogen) atoms. The van der Waals surface area contributed by atoms with Crippen molar-refractivity contribution >= 4 is 27.8 Å². The zero-order valence-electron chi connectivity index (χ0n) is 18.4. The molecule has 0 aliphatic rings. The summed E-state index contributed by atoms with van der Waals surface area (Å²) in [5.74, 6) is -0.532. The lowest BCUT2D eigenvalue weighted by molar-refractivity contribution is -0.119. The summed E-state index contributed by atoms with van der Waals surface area (Å²) >= 11 is 0. The Morgan fingerprint density at radius 1 is 0.938 bits per heavy atom. The van der Waals surface area contributed by atoms with Gasteiger partial charge in [0.05, 0.1) is 16.8 Å². The number of benzene rings is 3. The highest BCUT2D eigenvalue weighted by Crippen LogP contribution is 2.27. The minimum atomic E-state index is -3.96. The van der Waals surface area contributed by atoms with Gasteiger partial charge in [-0.3, -0.25) is 9.10 Å². The van der Waals surface area contributed by atoms with E-state index >= 15 is 0 Å². The van der Waals surface area contributed by atoms with E-state index in [1.807, 2.05) is 57.2 Å². The van der Waals surface area contributed by atoms with Gasteiger partial charge in [-0.25, -0.2) is 13.8 Å².